The van der Waals surface area contributed by atoms with Crippen molar-refractivity contribution in [3.63, 3.8) is 0 Å². The van der Waals surface area contributed by atoms with Gasteiger partial charge in [-0.2, -0.15) is 0 Å². The number of hydrogen-bond donors (Lipinski definition) is 2. The van der Waals surface area contributed by atoms with Gasteiger partial charge in [-0.3, -0.25) is 0 Å². The SMILES string of the molecule is CC(C)(C)OC(=O)NCCOCc1ccccc1C(=O)O. The van der Waals surface area contributed by atoms with Gasteiger partial charge in [0.25, 0.3) is 0 Å². The number of carboxylic acids is 1. The minimum Gasteiger partial charge on any atom is -0.478 e. The molecule has 0 spiro atoms. The van der Waals surface area contributed by atoms with Crippen LogP contribution in [0.15, 0.2) is 24.3 Å². The van der Waals surface area contributed by atoms with E-state index >= 15 is 0 Å². The maximum Gasteiger partial charge on any atom is 0.407 e. The number of hydrogen-bond acceptors (Lipinski definition) is 4. The van der Waals surface area contributed by atoms with Crippen molar-refractivity contribution in [3.05, 3.63) is 35.4 Å². The van der Waals surface area contributed by atoms with Crippen LogP contribution < -0.4 is 5.32 Å². The largest absolute Gasteiger partial charge is 0.478 e. The predicted molar refractivity (Wildman–Crippen MR) is 77.3 cm³/mol. The molecule has 0 fully saturated rings. The first kappa shape index (κ1) is 17.0. The fourth-order valence-corrected chi connectivity index (χ4v) is 1.58. The van der Waals surface area contributed by atoms with Crippen LogP contribution in [-0.2, 0) is 16.1 Å². The number of alkyl carbamates (subject to hydrolysis) is 1. The second-order valence-electron chi connectivity index (χ2n) is 5.44. The molecule has 0 heterocycles. The first-order valence-corrected chi connectivity index (χ1v) is 6.65. The molecule has 1 amide bonds. The number of ether oxygens (including phenoxy) is 2. The van der Waals surface area contributed by atoms with Gasteiger partial charge in [-0.05, 0) is 32.4 Å². The maximum atomic E-state index is 11.4. The molecule has 6 heteroatoms. The molecule has 0 saturated heterocycles. The minimum atomic E-state index is -0.985. The molecule has 1 rings (SSSR count). The van der Waals surface area contributed by atoms with Gasteiger partial charge in [0, 0.05) is 6.54 Å². The van der Waals surface area contributed by atoms with E-state index in [2.05, 4.69) is 5.32 Å². The lowest BCUT2D eigenvalue weighted by Gasteiger charge is -2.19. The van der Waals surface area contributed by atoms with Crippen molar-refractivity contribution < 1.29 is 24.2 Å². The molecule has 0 atom stereocenters. The minimum absolute atomic E-state index is 0.179. The molecule has 1 aromatic carbocycles. The van der Waals surface area contributed by atoms with E-state index < -0.39 is 17.7 Å². The van der Waals surface area contributed by atoms with Crippen LogP contribution in [0.2, 0.25) is 0 Å². The van der Waals surface area contributed by atoms with Crippen molar-refractivity contribution in [2.75, 3.05) is 13.2 Å². The summed E-state index contributed by atoms with van der Waals surface area (Å²) in [6.07, 6.45) is -0.503. The number of nitrogens with one attached hydrogen (secondary N) is 1. The maximum absolute atomic E-state index is 11.4. The highest BCUT2D eigenvalue weighted by atomic mass is 16.6. The predicted octanol–water partition coefficient (Wildman–Crippen LogP) is 2.43. The Morgan fingerprint density at radius 1 is 1.24 bits per heavy atom. The molecule has 6 nitrogen and oxygen atoms in total. The summed E-state index contributed by atoms with van der Waals surface area (Å²) in [4.78, 5) is 22.4. The third-order valence-electron chi connectivity index (χ3n) is 2.42. The molecule has 0 unspecified atom stereocenters. The van der Waals surface area contributed by atoms with Crippen LogP contribution in [-0.4, -0.2) is 35.9 Å². The molecular formula is C15H21NO5. The Hall–Kier alpha value is -2.08. The van der Waals surface area contributed by atoms with Crippen molar-refractivity contribution in [3.8, 4) is 0 Å². The average molecular weight is 295 g/mol. The van der Waals surface area contributed by atoms with Crippen LogP contribution >= 0.6 is 0 Å². The first-order valence-electron chi connectivity index (χ1n) is 6.65. The molecule has 0 bridgehead atoms. The Kier molecular flexibility index (Phi) is 6.17. The van der Waals surface area contributed by atoms with E-state index in [4.69, 9.17) is 14.6 Å². The van der Waals surface area contributed by atoms with Gasteiger partial charge in [0.15, 0.2) is 0 Å². The summed E-state index contributed by atoms with van der Waals surface area (Å²) in [6.45, 7) is 6.10. The lowest BCUT2D eigenvalue weighted by molar-refractivity contribution is 0.0494. The van der Waals surface area contributed by atoms with E-state index in [0.29, 0.717) is 12.1 Å². The van der Waals surface area contributed by atoms with Crippen LogP contribution in [0.3, 0.4) is 0 Å². The summed E-state index contributed by atoms with van der Waals surface area (Å²) in [5, 5.41) is 11.6. The molecule has 0 saturated carbocycles. The highest BCUT2D eigenvalue weighted by molar-refractivity contribution is 5.89. The van der Waals surface area contributed by atoms with E-state index in [1.54, 1.807) is 39.0 Å². The molecular weight excluding hydrogens is 274 g/mol. The number of amides is 1. The fourth-order valence-electron chi connectivity index (χ4n) is 1.58. The molecule has 0 aliphatic carbocycles. The molecule has 0 aliphatic heterocycles. The Morgan fingerprint density at radius 3 is 2.52 bits per heavy atom. The normalized spacial score (nSPS) is 11.0. The van der Waals surface area contributed by atoms with Gasteiger partial charge in [-0.15, -0.1) is 0 Å². The Bertz CT molecular complexity index is 493. The zero-order valence-corrected chi connectivity index (χ0v) is 12.5. The fraction of sp³-hybridized carbons (Fsp3) is 0.467. The second kappa shape index (κ2) is 7.64. The Labute approximate surface area is 124 Å². The molecule has 1 aromatic rings. The zero-order chi connectivity index (χ0) is 15.9. The van der Waals surface area contributed by atoms with Crippen LogP contribution in [0.5, 0.6) is 0 Å². The Balaban J connectivity index is 2.29. The van der Waals surface area contributed by atoms with Gasteiger partial charge in [0.1, 0.15) is 5.60 Å². The molecule has 21 heavy (non-hydrogen) atoms. The highest BCUT2D eigenvalue weighted by Crippen LogP contribution is 2.10. The Morgan fingerprint density at radius 2 is 1.90 bits per heavy atom. The van der Waals surface area contributed by atoms with Crippen LogP contribution in [0.4, 0.5) is 4.79 Å². The molecule has 0 aromatic heterocycles. The van der Waals surface area contributed by atoms with Crippen LogP contribution in [0.1, 0.15) is 36.7 Å². The number of carboxylic acid groups (broad SMARTS) is 1. The highest BCUT2D eigenvalue weighted by Gasteiger charge is 2.15. The summed E-state index contributed by atoms with van der Waals surface area (Å²) in [5.41, 5.74) is 0.283. The third-order valence-corrected chi connectivity index (χ3v) is 2.42. The number of benzene rings is 1. The van der Waals surface area contributed by atoms with Crippen molar-refractivity contribution >= 4 is 12.1 Å². The second-order valence-corrected chi connectivity index (χ2v) is 5.44. The number of rotatable bonds is 6. The number of aromatic carboxylic acids is 1. The van der Waals surface area contributed by atoms with Crippen LogP contribution in [0.25, 0.3) is 0 Å². The summed E-state index contributed by atoms with van der Waals surface area (Å²) in [5.74, 6) is -0.985. The zero-order valence-electron chi connectivity index (χ0n) is 12.5. The topological polar surface area (TPSA) is 84.9 Å². The van der Waals surface area contributed by atoms with E-state index in [9.17, 15) is 9.59 Å². The lowest BCUT2D eigenvalue weighted by Crippen LogP contribution is -2.34. The number of carbonyl (C=O) groups excluding carboxylic acids is 1. The summed E-state index contributed by atoms with van der Waals surface area (Å²) < 4.78 is 10.4. The third kappa shape index (κ3) is 6.76. The van der Waals surface area contributed by atoms with Gasteiger partial charge in [-0.25, -0.2) is 9.59 Å². The summed E-state index contributed by atoms with van der Waals surface area (Å²) in [7, 11) is 0. The number of carbonyl (C=O) groups is 2. The molecule has 0 aliphatic rings. The van der Waals surface area contributed by atoms with E-state index in [1.807, 2.05) is 0 Å². The van der Waals surface area contributed by atoms with E-state index in [1.165, 1.54) is 6.07 Å². The summed E-state index contributed by atoms with van der Waals surface area (Å²) in [6, 6.07) is 6.64. The smallest absolute Gasteiger partial charge is 0.407 e. The van der Waals surface area contributed by atoms with Crippen molar-refractivity contribution in [1.29, 1.82) is 0 Å². The van der Waals surface area contributed by atoms with Gasteiger partial charge in [-0.1, -0.05) is 18.2 Å². The quantitative estimate of drug-likeness (QED) is 0.787. The average Bonchev–Trinajstić information content (AvgIpc) is 2.36. The lowest BCUT2D eigenvalue weighted by atomic mass is 10.1. The van der Waals surface area contributed by atoms with Crippen molar-refractivity contribution in [1.82, 2.24) is 5.32 Å². The molecule has 116 valence electrons. The van der Waals surface area contributed by atoms with E-state index in [0.717, 1.165) is 0 Å². The first-order chi connectivity index (χ1) is 9.79. The van der Waals surface area contributed by atoms with E-state index in [-0.39, 0.29) is 18.8 Å². The molecule has 0 radical (unpaired) electrons. The van der Waals surface area contributed by atoms with Gasteiger partial charge in [0.05, 0.1) is 18.8 Å². The molecule has 2 N–H and O–H groups in total. The monoisotopic (exact) mass is 295 g/mol. The van der Waals surface area contributed by atoms with Crippen molar-refractivity contribution in [2.45, 2.75) is 33.0 Å². The van der Waals surface area contributed by atoms with Crippen molar-refractivity contribution in [2.24, 2.45) is 0 Å². The van der Waals surface area contributed by atoms with Crippen LogP contribution in [0, 0.1) is 0 Å². The van der Waals surface area contributed by atoms with Gasteiger partial charge < -0.3 is 19.9 Å². The summed E-state index contributed by atoms with van der Waals surface area (Å²) >= 11 is 0. The van der Waals surface area contributed by atoms with Gasteiger partial charge in [0.2, 0.25) is 0 Å². The standard InChI is InChI=1S/C15H21NO5/c1-15(2,3)21-14(19)16-8-9-20-10-11-6-4-5-7-12(11)13(17)18/h4-7H,8-10H2,1-3H3,(H,16,19)(H,17,18). The van der Waals surface area contributed by atoms with Gasteiger partial charge >= 0.3 is 12.1 Å².